The van der Waals surface area contributed by atoms with Crippen molar-refractivity contribution >= 4 is 38.8 Å². The van der Waals surface area contributed by atoms with Gasteiger partial charge in [0.25, 0.3) is 5.69 Å². The maximum absolute atomic E-state index is 13.0. The van der Waals surface area contributed by atoms with Crippen molar-refractivity contribution in [2.24, 2.45) is 0 Å². The van der Waals surface area contributed by atoms with Crippen molar-refractivity contribution in [3.63, 3.8) is 0 Å². The number of halogens is 1. The van der Waals surface area contributed by atoms with Gasteiger partial charge in [0.1, 0.15) is 5.02 Å². The molecular formula is C20H22ClN3O6S. The normalized spacial score (nSPS) is 19.7. The van der Waals surface area contributed by atoms with Crippen molar-refractivity contribution in [2.75, 3.05) is 25.0 Å². The Balaban J connectivity index is 1.73. The van der Waals surface area contributed by atoms with Crippen LogP contribution in [-0.2, 0) is 14.8 Å². The van der Waals surface area contributed by atoms with Gasteiger partial charge in [-0.25, -0.2) is 8.42 Å². The molecule has 1 saturated heterocycles. The van der Waals surface area contributed by atoms with E-state index in [9.17, 15) is 23.3 Å². The van der Waals surface area contributed by atoms with Gasteiger partial charge in [-0.2, -0.15) is 4.31 Å². The highest BCUT2D eigenvalue weighted by molar-refractivity contribution is 7.89. The molecule has 2 aromatic carbocycles. The second-order valence-electron chi connectivity index (χ2n) is 7.31. The van der Waals surface area contributed by atoms with E-state index in [1.165, 1.54) is 46.8 Å². The number of Topliss-reactive ketones (excluding diaryl/α,β-unsaturated/α-hetero) is 1. The number of ketones is 1. The van der Waals surface area contributed by atoms with Crippen LogP contribution in [0.3, 0.4) is 0 Å². The van der Waals surface area contributed by atoms with Crippen molar-refractivity contribution in [3.05, 3.63) is 63.2 Å². The van der Waals surface area contributed by atoms with Gasteiger partial charge in [0, 0.05) is 30.4 Å². The van der Waals surface area contributed by atoms with Gasteiger partial charge in [-0.3, -0.25) is 14.9 Å². The minimum atomic E-state index is -3.77. The monoisotopic (exact) mass is 467 g/mol. The summed E-state index contributed by atoms with van der Waals surface area (Å²) in [5.74, 6) is -0.338. The lowest BCUT2D eigenvalue weighted by molar-refractivity contribution is -0.384. The Bertz CT molecular complexity index is 1100. The van der Waals surface area contributed by atoms with Crippen molar-refractivity contribution < 1.29 is 22.9 Å². The smallest absolute Gasteiger partial charge is 0.288 e. The van der Waals surface area contributed by atoms with Gasteiger partial charge in [-0.1, -0.05) is 23.7 Å². The highest BCUT2D eigenvalue weighted by atomic mass is 35.5. The third kappa shape index (κ3) is 5.40. The molecule has 11 heteroatoms. The zero-order valence-corrected chi connectivity index (χ0v) is 18.5. The summed E-state index contributed by atoms with van der Waals surface area (Å²) >= 11 is 5.88. The van der Waals surface area contributed by atoms with Crippen LogP contribution < -0.4 is 5.32 Å². The van der Waals surface area contributed by atoms with Crippen LogP contribution in [0.25, 0.3) is 0 Å². The number of benzene rings is 2. The Kier molecular flexibility index (Phi) is 6.95. The fourth-order valence-corrected chi connectivity index (χ4v) is 5.24. The molecule has 2 unspecified atom stereocenters. The predicted molar refractivity (Wildman–Crippen MR) is 116 cm³/mol. The fraction of sp³-hybridized carbons (Fsp3) is 0.350. The van der Waals surface area contributed by atoms with Gasteiger partial charge >= 0.3 is 0 Å². The molecule has 1 fully saturated rings. The summed E-state index contributed by atoms with van der Waals surface area (Å²) in [5, 5.41) is 13.6. The van der Waals surface area contributed by atoms with E-state index in [0.717, 1.165) is 0 Å². The number of nitrogens with zero attached hydrogens (tertiary/aromatic N) is 2. The Labute approximate surface area is 185 Å². The number of nitrogens with one attached hydrogen (secondary N) is 1. The van der Waals surface area contributed by atoms with Crippen LogP contribution in [0.2, 0.25) is 5.02 Å². The fourth-order valence-electron chi connectivity index (χ4n) is 3.36. The molecule has 0 radical (unpaired) electrons. The quantitative estimate of drug-likeness (QED) is 0.376. The van der Waals surface area contributed by atoms with Gasteiger partial charge < -0.3 is 10.1 Å². The van der Waals surface area contributed by atoms with Crippen LogP contribution in [0.4, 0.5) is 11.4 Å². The Morgan fingerprint density at radius 3 is 2.52 bits per heavy atom. The Morgan fingerprint density at radius 2 is 1.90 bits per heavy atom. The topological polar surface area (TPSA) is 119 Å². The molecular weight excluding hydrogens is 446 g/mol. The van der Waals surface area contributed by atoms with Gasteiger partial charge in [0.15, 0.2) is 5.78 Å². The van der Waals surface area contributed by atoms with E-state index in [4.69, 9.17) is 16.3 Å². The predicted octanol–water partition coefficient (Wildman–Crippen LogP) is 3.34. The van der Waals surface area contributed by atoms with Crippen LogP contribution in [-0.4, -0.2) is 55.3 Å². The van der Waals surface area contributed by atoms with Crippen LogP contribution in [0.1, 0.15) is 24.2 Å². The number of anilines is 1. The van der Waals surface area contributed by atoms with Crippen molar-refractivity contribution in [3.8, 4) is 0 Å². The highest BCUT2D eigenvalue weighted by Crippen LogP contribution is 2.27. The zero-order valence-electron chi connectivity index (χ0n) is 16.9. The first kappa shape index (κ1) is 23.1. The first-order valence-electron chi connectivity index (χ1n) is 9.54. The third-order valence-corrected chi connectivity index (χ3v) is 6.91. The number of ether oxygens (including phenoxy) is 1. The van der Waals surface area contributed by atoms with Crippen molar-refractivity contribution in [1.29, 1.82) is 0 Å². The number of nitro benzene ring substituents is 1. The van der Waals surface area contributed by atoms with Crippen molar-refractivity contribution in [2.45, 2.75) is 31.0 Å². The summed E-state index contributed by atoms with van der Waals surface area (Å²) in [6, 6.07) is 9.92. The standard InChI is InChI=1S/C20H22ClN3O6S/c1-13-11-23(12-14(2)30-13)31(28,29)17-5-3-4-15(8-17)20(25)10-22-16-6-7-19(24(26)27)18(21)9-16/h3-9,13-14,22H,10-12H2,1-2H3. The number of morpholine rings is 1. The molecule has 2 atom stereocenters. The largest absolute Gasteiger partial charge is 0.378 e. The Morgan fingerprint density at radius 1 is 1.23 bits per heavy atom. The molecule has 2 aromatic rings. The maximum Gasteiger partial charge on any atom is 0.288 e. The van der Waals surface area contributed by atoms with Crippen LogP contribution in [0.15, 0.2) is 47.4 Å². The third-order valence-electron chi connectivity index (χ3n) is 4.78. The molecule has 0 spiro atoms. The average molecular weight is 468 g/mol. The van der Waals surface area contributed by atoms with Gasteiger partial charge in [-0.15, -0.1) is 0 Å². The lowest BCUT2D eigenvalue weighted by atomic mass is 10.1. The van der Waals surface area contributed by atoms with E-state index in [0.29, 0.717) is 5.69 Å². The molecule has 0 amide bonds. The number of carbonyl (C=O) groups excluding carboxylic acids is 1. The van der Waals surface area contributed by atoms with E-state index in [-0.39, 0.29) is 58.8 Å². The van der Waals surface area contributed by atoms with Crippen LogP contribution >= 0.6 is 11.6 Å². The van der Waals surface area contributed by atoms with Gasteiger partial charge in [0.2, 0.25) is 10.0 Å². The average Bonchev–Trinajstić information content (AvgIpc) is 2.71. The van der Waals surface area contributed by atoms with Crippen LogP contribution in [0.5, 0.6) is 0 Å². The molecule has 3 rings (SSSR count). The zero-order chi connectivity index (χ0) is 22.8. The molecule has 0 bridgehead atoms. The second kappa shape index (κ2) is 9.31. The van der Waals surface area contributed by atoms with E-state index < -0.39 is 14.9 Å². The lowest BCUT2D eigenvalue weighted by Crippen LogP contribution is -2.48. The lowest BCUT2D eigenvalue weighted by Gasteiger charge is -2.34. The molecule has 166 valence electrons. The molecule has 0 aromatic heterocycles. The molecule has 0 aliphatic carbocycles. The second-order valence-corrected chi connectivity index (χ2v) is 9.65. The molecule has 0 saturated carbocycles. The van der Waals surface area contributed by atoms with Gasteiger partial charge in [-0.05, 0) is 38.1 Å². The first-order chi connectivity index (χ1) is 14.6. The maximum atomic E-state index is 13.0. The summed E-state index contributed by atoms with van der Waals surface area (Å²) < 4.78 is 33.0. The summed E-state index contributed by atoms with van der Waals surface area (Å²) in [6.45, 7) is 3.98. The first-order valence-corrected chi connectivity index (χ1v) is 11.4. The van der Waals surface area contributed by atoms with Crippen molar-refractivity contribution in [1.82, 2.24) is 4.31 Å². The number of hydrogen-bond acceptors (Lipinski definition) is 7. The Hall–Kier alpha value is -2.53. The van der Waals surface area contributed by atoms with E-state index >= 15 is 0 Å². The molecule has 31 heavy (non-hydrogen) atoms. The molecule has 1 heterocycles. The minimum absolute atomic E-state index is 0.0398. The number of hydrogen-bond donors (Lipinski definition) is 1. The minimum Gasteiger partial charge on any atom is -0.378 e. The van der Waals surface area contributed by atoms with Crippen LogP contribution in [0, 0.1) is 10.1 Å². The molecule has 1 aliphatic heterocycles. The molecule has 1 N–H and O–H groups in total. The summed E-state index contributed by atoms with van der Waals surface area (Å²) in [6.07, 6.45) is -0.442. The number of rotatable bonds is 7. The molecule has 1 aliphatic rings. The van der Waals surface area contributed by atoms with E-state index in [1.54, 1.807) is 0 Å². The van der Waals surface area contributed by atoms with E-state index in [1.807, 2.05) is 13.8 Å². The van der Waals surface area contributed by atoms with Gasteiger partial charge in [0.05, 0.1) is 28.6 Å². The number of nitro groups is 1. The summed E-state index contributed by atoms with van der Waals surface area (Å²) in [4.78, 5) is 22.9. The number of sulfonamides is 1. The SMILES string of the molecule is CC1CN(S(=O)(=O)c2cccc(C(=O)CNc3ccc([N+](=O)[O-])c(Cl)c3)c2)CC(C)O1. The highest BCUT2D eigenvalue weighted by Gasteiger charge is 2.32. The summed E-state index contributed by atoms with van der Waals surface area (Å²) in [5.41, 5.74) is 0.433. The van der Waals surface area contributed by atoms with E-state index in [2.05, 4.69) is 5.32 Å². The molecule has 9 nitrogen and oxygen atoms in total. The number of carbonyl (C=O) groups is 1. The summed E-state index contributed by atoms with van der Waals surface area (Å²) in [7, 11) is -3.77.